The van der Waals surface area contributed by atoms with Gasteiger partial charge in [0, 0.05) is 22.2 Å². The van der Waals surface area contributed by atoms with E-state index in [2.05, 4.69) is 22.4 Å². The average molecular weight is 393 g/mol. The molecule has 1 aromatic carbocycles. The summed E-state index contributed by atoms with van der Waals surface area (Å²) in [5.74, 6) is -0.977. The fraction of sp³-hybridized carbons (Fsp3) is 0.200. The number of rotatable bonds is 5. The van der Waals surface area contributed by atoms with Gasteiger partial charge in [0.2, 0.25) is 5.91 Å². The smallest absolute Gasteiger partial charge is 0.234 e. The van der Waals surface area contributed by atoms with E-state index in [0.29, 0.717) is 22.0 Å². The Balaban J connectivity index is 2.01. The van der Waals surface area contributed by atoms with Gasteiger partial charge in [-0.3, -0.25) is 4.79 Å². The largest absolute Gasteiger partial charge is 0.325 e. The highest BCUT2D eigenvalue weighted by Gasteiger charge is 2.40. The second-order valence-corrected chi connectivity index (χ2v) is 7.80. The SMILES string of the molecule is CC1=NC(SCC#N)=C(C#N)[C@@H](c2cccs2)C1C(=O)Nc1ccccc1. The topological polar surface area (TPSA) is 89.0 Å². The van der Waals surface area contributed by atoms with Crippen LogP contribution >= 0.6 is 23.1 Å². The number of para-hydroxylation sites is 1. The van der Waals surface area contributed by atoms with E-state index in [-0.39, 0.29) is 11.7 Å². The Hall–Kier alpha value is -2.87. The van der Waals surface area contributed by atoms with Gasteiger partial charge in [-0.2, -0.15) is 10.5 Å². The summed E-state index contributed by atoms with van der Waals surface area (Å²) >= 11 is 2.74. The molecule has 1 N–H and O–H groups in total. The van der Waals surface area contributed by atoms with Crippen molar-refractivity contribution in [2.24, 2.45) is 10.9 Å². The van der Waals surface area contributed by atoms with Crippen LogP contribution in [0.3, 0.4) is 0 Å². The Morgan fingerprint density at radius 1 is 1.26 bits per heavy atom. The number of allylic oxidation sites excluding steroid dienone is 1. The van der Waals surface area contributed by atoms with Crippen LogP contribution in [0.2, 0.25) is 0 Å². The quantitative estimate of drug-likeness (QED) is 0.808. The molecule has 1 aliphatic heterocycles. The van der Waals surface area contributed by atoms with Crippen LogP contribution in [0, 0.1) is 28.6 Å². The predicted octanol–water partition coefficient (Wildman–Crippen LogP) is 4.55. The Kier molecular flexibility index (Phi) is 6.08. The summed E-state index contributed by atoms with van der Waals surface area (Å²) in [5, 5.41) is 24.1. The van der Waals surface area contributed by atoms with Crippen molar-refractivity contribution < 1.29 is 4.79 Å². The van der Waals surface area contributed by atoms with Gasteiger partial charge in [0.25, 0.3) is 0 Å². The summed E-state index contributed by atoms with van der Waals surface area (Å²) in [6.07, 6.45) is 0. The minimum absolute atomic E-state index is 0.196. The number of aliphatic imine (C=N–C) groups is 1. The van der Waals surface area contributed by atoms with Gasteiger partial charge in [0.1, 0.15) is 5.03 Å². The standard InChI is InChI=1S/C20H16N4OS2/c1-13-17(19(25)24-14-6-3-2-4-7-14)18(16-8-5-10-26-16)15(12-22)20(23-13)27-11-9-21/h2-8,10,17-18H,11H2,1H3,(H,24,25)/t17?,18-/m0/s1. The average Bonchev–Trinajstić information content (AvgIpc) is 3.20. The summed E-state index contributed by atoms with van der Waals surface area (Å²) < 4.78 is 0. The Labute approximate surface area is 166 Å². The molecule has 134 valence electrons. The molecule has 1 aromatic heterocycles. The summed E-state index contributed by atoms with van der Waals surface area (Å²) in [6, 6.07) is 17.4. The van der Waals surface area contributed by atoms with Gasteiger partial charge in [-0.1, -0.05) is 36.0 Å². The molecule has 1 amide bonds. The zero-order valence-corrected chi connectivity index (χ0v) is 16.2. The fourth-order valence-corrected chi connectivity index (χ4v) is 4.63. The highest BCUT2D eigenvalue weighted by Crippen LogP contribution is 2.43. The molecule has 0 spiro atoms. The number of carbonyl (C=O) groups is 1. The van der Waals surface area contributed by atoms with Crippen LogP contribution in [0.1, 0.15) is 17.7 Å². The molecule has 0 aliphatic carbocycles. The summed E-state index contributed by atoms with van der Waals surface area (Å²) in [6.45, 7) is 1.80. The summed E-state index contributed by atoms with van der Waals surface area (Å²) in [5.41, 5.74) is 1.78. The number of hydrogen-bond donors (Lipinski definition) is 1. The highest BCUT2D eigenvalue weighted by atomic mass is 32.2. The Morgan fingerprint density at radius 2 is 2.04 bits per heavy atom. The zero-order chi connectivity index (χ0) is 19.2. The summed E-state index contributed by atoms with van der Waals surface area (Å²) in [4.78, 5) is 18.5. The highest BCUT2D eigenvalue weighted by molar-refractivity contribution is 8.03. The minimum Gasteiger partial charge on any atom is -0.325 e. The number of amides is 1. The van der Waals surface area contributed by atoms with E-state index in [1.807, 2.05) is 47.8 Å². The van der Waals surface area contributed by atoms with E-state index in [1.165, 1.54) is 23.1 Å². The van der Waals surface area contributed by atoms with Crippen molar-refractivity contribution in [3.63, 3.8) is 0 Å². The second-order valence-electron chi connectivity index (χ2n) is 5.86. The lowest BCUT2D eigenvalue weighted by Gasteiger charge is -2.29. The number of nitriles is 2. The molecule has 0 radical (unpaired) electrons. The first kappa shape index (κ1) is 18.9. The van der Waals surface area contributed by atoms with E-state index in [1.54, 1.807) is 6.92 Å². The molecule has 0 saturated heterocycles. The number of nitrogens with one attached hydrogen (secondary N) is 1. The van der Waals surface area contributed by atoms with Gasteiger partial charge in [0.15, 0.2) is 0 Å². The minimum atomic E-state index is -0.579. The molecule has 1 unspecified atom stereocenters. The monoisotopic (exact) mass is 392 g/mol. The molecule has 2 atom stereocenters. The molecular weight excluding hydrogens is 376 g/mol. The van der Waals surface area contributed by atoms with Crippen LogP contribution in [0.5, 0.6) is 0 Å². The van der Waals surface area contributed by atoms with Crippen molar-refractivity contribution in [1.29, 1.82) is 10.5 Å². The molecule has 5 nitrogen and oxygen atoms in total. The first-order valence-electron chi connectivity index (χ1n) is 8.24. The van der Waals surface area contributed by atoms with Crippen molar-refractivity contribution >= 4 is 40.4 Å². The number of nitrogens with zero attached hydrogens (tertiary/aromatic N) is 3. The molecule has 1 aliphatic rings. The predicted molar refractivity (Wildman–Crippen MR) is 109 cm³/mol. The van der Waals surface area contributed by atoms with Gasteiger partial charge in [-0.05, 0) is 30.5 Å². The third-order valence-electron chi connectivity index (χ3n) is 4.17. The van der Waals surface area contributed by atoms with Crippen LogP contribution in [0.25, 0.3) is 0 Å². The normalized spacial score (nSPS) is 19.0. The second kappa shape index (κ2) is 8.68. The number of thiophene rings is 1. The van der Waals surface area contributed by atoms with E-state index >= 15 is 0 Å². The molecule has 3 rings (SSSR count). The number of anilines is 1. The van der Waals surface area contributed by atoms with Crippen LogP contribution < -0.4 is 5.32 Å². The maximum Gasteiger partial charge on any atom is 0.234 e. The van der Waals surface area contributed by atoms with E-state index in [0.717, 1.165) is 4.88 Å². The molecule has 2 aromatic rings. The third-order valence-corrected chi connectivity index (χ3v) is 5.98. The summed E-state index contributed by atoms with van der Waals surface area (Å²) in [7, 11) is 0. The van der Waals surface area contributed by atoms with Crippen LogP contribution in [0.15, 0.2) is 63.4 Å². The van der Waals surface area contributed by atoms with Crippen LogP contribution in [-0.4, -0.2) is 17.4 Å². The van der Waals surface area contributed by atoms with E-state index in [4.69, 9.17) is 5.26 Å². The van der Waals surface area contributed by atoms with Gasteiger partial charge in [0.05, 0.1) is 29.4 Å². The molecule has 0 bridgehead atoms. The van der Waals surface area contributed by atoms with Gasteiger partial charge in [-0.25, -0.2) is 4.99 Å². The molecule has 0 saturated carbocycles. The van der Waals surface area contributed by atoms with E-state index in [9.17, 15) is 10.1 Å². The number of thioether (sulfide) groups is 1. The molecule has 7 heteroatoms. The van der Waals surface area contributed by atoms with Crippen LogP contribution in [0.4, 0.5) is 5.69 Å². The van der Waals surface area contributed by atoms with Crippen LogP contribution in [-0.2, 0) is 4.79 Å². The van der Waals surface area contributed by atoms with Gasteiger partial charge in [-0.15, -0.1) is 11.3 Å². The lowest BCUT2D eigenvalue weighted by molar-refractivity contribution is -0.118. The zero-order valence-electron chi connectivity index (χ0n) is 14.5. The Morgan fingerprint density at radius 3 is 2.67 bits per heavy atom. The van der Waals surface area contributed by atoms with Crippen molar-refractivity contribution in [1.82, 2.24) is 0 Å². The molecule has 2 heterocycles. The van der Waals surface area contributed by atoms with Gasteiger partial charge >= 0.3 is 0 Å². The van der Waals surface area contributed by atoms with Crippen molar-refractivity contribution in [3.8, 4) is 12.1 Å². The van der Waals surface area contributed by atoms with Crippen molar-refractivity contribution in [3.05, 3.63) is 63.3 Å². The van der Waals surface area contributed by atoms with Crippen molar-refractivity contribution in [2.75, 3.05) is 11.1 Å². The number of carbonyl (C=O) groups excluding carboxylic acids is 1. The van der Waals surface area contributed by atoms with E-state index < -0.39 is 11.8 Å². The third kappa shape index (κ3) is 4.11. The lowest BCUT2D eigenvalue weighted by Crippen LogP contribution is -2.36. The lowest BCUT2D eigenvalue weighted by atomic mass is 9.80. The maximum absolute atomic E-state index is 13.1. The fourth-order valence-electron chi connectivity index (χ4n) is 3.02. The molecule has 0 fully saturated rings. The first-order valence-corrected chi connectivity index (χ1v) is 10.1. The molecular formula is C20H16N4OS2. The maximum atomic E-state index is 13.1. The molecule has 27 heavy (non-hydrogen) atoms. The number of benzene rings is 1. The van der Waals surface area contributed by atoms with Gasteiger partial charge < -0.3 is 5.32 Å². The number of hydrogen-bond acceptors (Lipinski definition) is 6. The van der Waals surface area contributed by atoms with Crippen molar-refractivity contribution in [2.45, 2.75) is 12.8 Å². The first-order chi connectivity index (χ1) is 13.2. The Bertz CT molecular complexity index is 966.